The third kappa shape index (κ3) is 3.57. The largest absolute Gasteiger partial charge is 0.303 e. The molecule has 0 radical (unpaired) electrons. The highest BCUT2D eigenvalue weighted by Gasteiger charge is 2.18. The number of benzene rings is 2. The molecule has 0 heterocycles. The van der Waals surface area contributed by atoms with Crippen molar-refractivity contribution < 1.29 is 13.2 Å². The van der Waals surface area contributed by atoms with E-state index in [2.05, 4.69) is 5.32 Å². The fourth-order valence-electron chi connectivity index (χ4n) is 2.26. The van der Waals surface area contributed by atoms with E-state index < -0.39 is 23.5 Å². The lowest BCUT2D eigenvalue weighted by molar-refractivity contribution is 0.448. The van der Waals surface area contributed by atoms with Crippen LogP contribution in [0, 0.1) is 17.5 Å². The minimum atomic E-state index is -0.607. The first kappa shape index (κ1) is 15.9. The van der Waals surface area contributed by atoms with Gasteiger partial charge in [0.2, 0.25) is 0 Å². The number of nitrogens with one attached hydrogen (secondary N) is 1. The van der Waals surface area contributed by atoms with Crippen LogP contribution in [0.15, 0.2) is 36.4 Å². The molecule has 0 fully saturated rings. The van der Waals surface area contributed by atoms with Crippen molar-refractivity contribution in [3.8, 4) is 0 Å². The molecule has 0 aliphatic carbocycles. The third-order valence-electron chi connectivity index (χ3n) is 3.38. The number of rotatable bonds is 4. The molecule has 21 heavy (non-hydrogen) atoms. The van der Waals surface area contributed by atoms with Crippen LogP contribution in [0.1, 0.15) is 37.1 Å². The van der Waals surface area contributed by atoms with Crippen LogP contribution in [0.2, 0.25) is 5.02 Å². The first-order valence-electron chi connectivity index (χ1n) is 6.55. The van der Waals surface area contributed by atoms with Gasteiger partial charge in [-0.25, -0.2) is 13.2 Å². The molecule has 0 bridgehead atoms. The predicted molar refractivity (Wildman–Crippen MR) is 77.7 cm³/mol. The fraction of sp³-hybridized carbons (Fsp3) is 0.250. The molecule has 5 heteroatoms. The molecule has 0 saturated heterocycles. The zero-order valence-electron chi connectivity index (χ0n) is 11.6. The summed E-state index contributed by atoms with van der Waals surface area (Å²) in [5.74, 6) is -1.73. The van der Waals surface area contributed by atoms with Crippen LogP contribution in [0.25, 0.3) is 0 Å². The van der Waals surface area contributed by atoms with Crippen molar-refractivity contribution in [3.05, 3.63) is 70.0 Å². The summed E-state index contributed by atoms with van der Waals surface area (Å²) >= 11 is 5.63. The maximum atomic E-state index is 13.7. The minimum absolute atomic E-state index is 0.0289. The van der Waals surface area contributed by atoms with E-state index in [4.69, 9.17) is 11.6 Å². The average molecular weight is 314 g/mol. The fourth-order valence-corrected chi connectivity index (χ4v) is 2.38. The molecule has 2 rings (SSSR count). The molecule has 0 aliphatic heterocycles. The van der Waals surface area contributed by atoms with E-state index in [1.54, 1.807) is 19.9 Å². The molecule has 0 aliphatic rings. The van der Waals surface area contributed by atoms with Crippen LogP contribution < -0.4 is 5.32 Å². The summed E-state index contributed by atoms with van der Waals surface area (Å²) < 4.78 is 40.9. The van der Waals surface area contributed by atoms with Gasteiger partial charge in [0.1, 0.15) is 17.5 Å². The van der Waals surface area contributed by atoms with Crippen LogP contribution in [-0.2, 0) is 0 Å². The Bertz CT molecular complexity index is 625. The molecule has 0 spiro atoms. The standard InChI is InChI=1S/C16H15ClF3N/c1-9(11-6-7-12(17)15(20)8-11)21-10(2)16-13(18)4-3-5-14(16)19/h3-10,21H,1-2H3. The molecule has 2 atom stereocenters. The van der Waals surface area contributed by atoms with Crippen LogP contribution >= 0.6 is 11.6 Å². The van der Waals surface area contributed by atoms with Gasteiger partial charge in [-0.2, -0.15) is 0 Å². The summed E-state index contributed by atoms with van der Waals surface area (Å²) in [4.78, 5) is 0. The molecule has 0 amide bonds. The maximum Gasteiger partial charge on any atom is 0.142 e. The van der Waals surface area contributed by atoms with Crippen molar-refractivity contribution in [1.82, 2.24) is 5.32 Å². The van der Waals surface area contributed by atoms with Crippen LogP contribution in [0.5, 0.6) is 0 Å². The second-order valence-corrected chi connectivity index (χ2v) is 5.33. The first-order chi connectivity index (χ1) is 9.90. The summed E-state index contributed by atoms with van der Waals surface area (Å²) in [5.41, 5.74) is 0.624. The smallest absolute Gasteiger partial charge is 0.142 e. The second kappa shape index (κ2) is 6.50. The number of hydrogen-bond donors (Lipinski definition) is 1. The summed E-state index contributed by atoms with van der Waals surface area (Å²) in [6.45, 7) is 3.45. The molecule has 2 unspecified atom stereocenters. The molecule has 2 aromatic rings. The Morgan fingerprint density at radius 1 is 0.905 bits per heavy atom. The van der Waals surface area contributed by atoms with Crippen molar-refractivity contribution >= 4 is 11.6 Å². The lowest BCUT2D eigenvalue weighted by atomic mass is 10.0. The van der Waals surface area contributed by atoms with Crippen molar-refractivity contribution in [2.24, 2.45) is 0 Å². The van der Waals surface area contributed by atoms with Crippen molar-refractivity contribution in [1.29, 1.82) is 0 Å². The van der Waals surface area contributed by atoms with Gasteiger partial charge in [0, 0.05) is 17.6 Å². The number of hydrogen-bond acceptors (Lipinski definition) is 1. The van der Waals surface area contributed by atoms with E-state index in [0.717, 1.165) is 0 Å². The molecule has 2 aromatic carbocycles. The van der Waals surface area contributed by atoms with Gasteiger partial charge >= 0.3 is 0 Å². The highest BCUT2D eigenvalue weighted by molar-refractivity contribution is 6.30. The quantitative estimate of drug-likeness (QED) is 0.821. The Morgan fingerprint density at radius 2 is 1.52 bits per heavy atom. The van der Waals surface area contributed by atoms with Gasteiger partial charge in [-0.3, -0.25) is 0 Å². The number of halogens is 4. The molecule has 0 aromatic heterocycles. The van der Waals surface area contributed by atoms with Crippen LogP contribution in [-0.4, -0.2) is 0 Å². The Morgan fingerprint density at radius 3 is 2.10 bits per heavy atom. The molecule has 1 N–H and O–H groups in total. The van der Waals surface area contributed by atoms with Gasteiger partial charge in [0.25, 0.3) is 0 Å². The highest BCUT2D eigenvalue weighted by atomic mass is 35.5. The average Bonchev–Trinajstić information content (AvgIpc) is 2.41. The van der Waals surface area contributed by atoms with Gasteiger partial charge in [-0.1, -0.05) is 23.7 Å². The lowest BCUT2D eigenvalue weighted by Crippen LogP contribution is -2.24. The maximum absolute atomic E-state index is 13.7. The summed E-state index contributed by atoms with van der Waals surface area (Å²) in [5, 5.41) is 3.09. The predicted octanol–water partition coefficient (Wildman–Crippen LogP) is 5.17. The first-order valence-corrected chi connectivity index (χ1v) is 6.93. The Balaban J connectivity index is 2.18. The zero-order valence-corrected chi connectivity index (χ0v) is 12.4. The Kier molecular flexibility index (Phi) is 4.91. The SMILES string of the molecule is CC(NC(C)c1c(F)cccc1F)c1ccc(Cl)c(F)c1. The van der Waals surface area contributed by atoms with Crippen LogP contribution in [0.3, 0.4) is 0 Å². The monoisotopic (exact) mass is 313 g/mol. The molecular weight excluding hydrogens is 299 g/mol. The minimum Gasteiger partial charge on any atom is -0.303 e. The summed E-state index contributed by atoms with van der Waals surface area (Å²) in [6.07, 6.45) is 0. The second-order valence-electron chi connectivity index (χ2n) is 4.92. The van der Waals surface area contributed by atoms with E-state index in [9.17, 15) is 13.2 Å². The van der Waals surface area contributed by atoms with E-state index in [1.165, 1.54) is 30.3 Å². The van der Waals surface area contributed by atoms with E-state index in [0.29, 0.717) is 5.56 Å². The van der Waals surface area contributed by atoms with Crippen molar-refractivity contribution in [2.75, 3.05) is 0 Å². The molecular formula is C16H15ClF3N. The van der Waals surface area contributed by atoms with Gasteiger partial charge in [-0.15, -0.1) is 0 Å². The van der Waals surface area contributed by atoms with Gasteiger partial charge in [-0.05, 0) is 43.7 Å². The lowest BCUT2D eigenvalue weighted by Gasteiger charge is -2.21. The van der Waals surface area contributed by atoms with Crippen LogP contribution in [0.4, 0.5) is 13.2 Å². The van der Waals surface area contributed by atoms with Crippen molar-refractivity contribution in [3.63, 3.8) is 0 Å². The Hall–Kier alpha value is -1.52. The van der Waals surface area contributed by atoms with E-state index >= 15 is 0 Å². The third-order valence-corrected chi connectivity index (χ3v) is 3.68. The molecule has 0 saturated carbocycles. The molecule has 112 valence electrons. The van der Waals surface area contributed by atoms with Gasteiger partial charge in [0.05, 0.1) is 5.02 Å². The highest BCUT2D eigenvalue weighted by Crippen LogP contribution is 2.25. The summed E-state index contributed by atoms with van der Waals surface area (Å²) in [7, 11) is 0. The molecule has 1 nitrogen and oxygen atoms in total. The normalized spacial score (nSPS) is 14.0. The van der Waals surface area contributed by atoms with E-state index in [-0.39, 0.29) is 16.6 Å². The van der Waals surface area contributed by atoms with Crippen molar-refractivity contribution in [2.45, 2.75) is 25.9 Å². The van der Waals surface area contributed by atoms with Gasteiger partial charge in [0.15, 0.2) is 0 Å². The summed E-state index contributed by atoms with van der Waals surface area (Å²) in [6, 6.07) is 7.34. The van der Waals surface area contributed by atoms with Gasteiger partial charge < -0.3 is 5.32 Å². The Labute approximate surface area is 126 Å². The topological polar surface area (TPSA) is 12.0 Å². The zero-order chi connectivity index (χ0) is 15.6. The van der Waals surface area contributed by atoms with E-state index in [1.807, 2.05) is 0 Å².